The summed E-state index contributed by atoms with van der Waals surface area (Å²) in [5, 5.41) is 12.1. The van der Waals surface area contributed by atoms with E-state index in [1.807, 2.05) is 4.90 Å². The second-order valence-electron chi connectivity index (χ2n) is 6.45. The summed E-state index contributed by atoms with van der Waals surface area (Å²) < 4.78 is 10.6. The second kappa shape index (κ2) is 9.41. The number of ether oxygens (including phenoxy) is 2. The Balaban J connectivity index is 1.59. The summed E-state index contributed by atoms with van der Waals surface area (Å²) in [6.07, 6.45) is 3.15. The van der Waals surface area contributed by atoms with E-state index in [2.05, 4.69) is 0 Å². The van der Waals surface area contributed by atoms with E-state index in [9.17, 15) is 14.9 Å². The summed E-state index contributed by atoms with van der Waals surface area (Å²) in [4.78, 5) is 25.3. The topological polar surface area (TPSA) is 81.9 Å². The van der Waals surface area contributed by atoms with Gasteiger partial charge in [0, 0.05) is 24.2 Å². The highest BCUT2D eigenvalue weighted by Crippen LogP contribution is 2.31. The Morgan fingerprint density at radius 1 is 1.07 bits per heavy atom. The van der Waals surface area contributed by atoms with Gasteiger partial charge in [0.15, 0.2) is 0 Å². The van der Waals surface area contributed by atoms with Crippen LogP contribution in [-0.4, -0.2) is 37.2 Å². The fourth-order valence-corrected chi connectivity index (χ4v) is 3.23. The lowest BCUT2D eigenvalue weighted by Gasteiger charge is -2.28. The average Bonchev–Trinajstić information content (AvgIpc) is 2.72. The van der Waals surface area contributed by atoms with Crippen LogP contribution in [0.25, 0.3) is 0 Å². The molecule has 28 heavy (non-hydrogen) atoms. The van der Waals surface area contributed by atoms with Crippen molar-refractivity contribution in [3.05, 3.63) is 63.2 Å². The molecule has 1 heterocycles. The van der Waals surface area contributed by atoms with Gasteiger partial charge in [0.2, 0.25) is 0 Å². The van der Waals surface area contributed by atoms with Crippen molar-refractivity contribution in [3.63, 3.8) is 0 Å². The third kappa shape index (κ3) is 5.13. The maximum absolute atomic E-state index is 12.2. The highest BCUT2D eigenvalue weighted by Gasteiger charge is 2.23. The molecule has 1 saturated heterocycles. The Labute approximate surface area is 168 Å². The van der Waals surface area contributed by atoms with E-state index >= 15 is 0 Å². The number of carbonyl (C=O) groups is 1. The van der Waals surface area contributed by atoms with Gasteiger partial charge in [-0.15, -0.1) is 0 Å². The summed E-state index contributed by atoms with van der Waals surface area (Å²) in [5.74, 6) is -0.00466. The number of halogens is 1. The molecule has 7 nitrogen and oxygen atoms in total. The van der Waals surface area contributed by atoms with Crippen LogP contribution in [0.1, 0.15) is 29.6 Å². The quantitative estimate of drug-likeness (QED) is 0.293. The third-order valence-corrected chi connectivity index (χ3v) is 4.76. The number of nitrogens with zero attached hydrogens (tertiary/aromatic N) is 2. The highest BCUT2D eigenvalue weighted by molar-refractivity contribution is 6.30. The van der Waals surface area contributed by atoms with Gasteiger partial charge in [-0.1, -0.05) is 11.6 Å². The van der Waals surface area contributed by atoms with Crippen molar-refractivity contribution >= 4 is 28.9 Å². The van der Waals surface area contributed by atoms with Gasteiger partial charge in [-0.3, -0.25) is 10.1 Å². The molecule has 0 unspecified atom stereocenters. The molecule has 148 valence electrons. The van der Waals surface area contributed by atoms with Crippen molar-refractivity contribution in [1.82, 2.24) is 0 Å². The number of carbonyl (C=O) groups excluding carboxylic acids is 1. The van der Waals surface area contributed by atoms with Crippen molar-refractivity contribution in [1.29, 1.82) is 0 Å². The third-order valence-electron chi connectivity index (χ3n) is 4.50. The van der Waals surface area contributed by atoms with Crippen molar-refractivity contribution in [2.75, 3.05) is 31.2 Å². The van der Waals surface area contributed by atoms with Crippen LogP contribution in [0.3, 0.4) is 0 Å². The molecular formula is C20H21ClN2O5. The van der Waals surface area contributed by atoms with Crippen LogP contribution in [0.15, 0.2) is 42.5 Å². The fraction of sp³-hybridized carbons (Fsp3) is 0.350. The normalized spacial score (nSPS) is 13.8. The smallest absolute Gasteiger partial charge is 0.338 e. The molecule has 0 aromatic heterocycles. The summed E-state index contributed by atoms with van der Waals surface area (Å²) in [6, 6.07) is 11.3. The number of rotatable bonds is 7. The molecule has 0 amide bonds. The molecular weight excluding hydrogens is 384 g/mol. The number of benzene rings is 2. The summed E-state index contributed by atoms with van der Waals surface area (Å²) in [5.41, 5.74) is 0.625. The van der Waals surface area contributed by atoms with Crippen LogP contribution < -0.4 is 9.64 Å². The lowest BCUT2D eigenvalue weighted by Crippen LogP contribution is -2.30. The molecule has 2 aromatic rings. The lowest BCUT2D eigenvalue weighted by molar-refractivity contribution is -0.384. The largest absolute Gasteiger partial charge is 0.490 e. The number of piperidine rings is 1. The first-order valence-electron chi connectivity index (χ1n) is 9.13. The predicted octanol–water partition coefficient (Wildman–Crippen LogP) is 4.47. The summed E-state index contributed by atoms with van der Waals surface area (Å²) in [7, 11) is 0. The Hall–Kier alpha value is -2.80. The van der Waals surface area contributed by atoms with Gasteiger partial charge >= 0.3 is 5.97 Å². The van der Waals surface area contributed by atoms with Crippen LogP contribution in [0.4, 0.5) is 11.4 Å². The first-order valence-corrected chi connectivity index (χ1v) is 9.51. The monoisotopic (exact) mass is 404 g/mol. The van der Waals surface area contributed by atoms with E-state index in [1.54, 1.807) is 36.4 Å². The van der Waals surface area contributed by atoms with Gasteiger partial charge in [0.25, 0.3) is 5.69 Å². The summed E-state index contributed by atoms with van der Waals surface area (Å²) in [6.45, 7) is 1.77. The molecule has 0 atom stereocenters. The zero-order valence-electron chi connectivity index (χ0n) is 15.3. The Morgan fingerprint density at radius 2 is 1.79 bits per heavy atom. The molecule has 1 aliphatic heterocycles. The zero-order chi connectivity index (χ0) is 19.9. The van der Waals surface area contributed by atoms with Gasteiger partial charge < -0.3 is 14.4 Å². The second-order valence-corrected chi connectivity index (χ2v) is 6.88. The molecule has 1 fully saturated rings. The molecule has 0 saturated carbocycles. The van der Waals surface area contributed by atoms with Crippen molar-refractivity contribution in [2.24, 2.45) is 0 Å². The highest BCUT2D eigenvalue weighted by atomic mass is 35.5. The van der Waals surface area contributed by atoms with Crippen molar-refractivity contribution < 1.29 is 19.2 Å². The standard InChI is InChI=1S/C20H21ClN2O5/c21-16-5-7-17(8-6-16)27-12-13-28-20(24)15-4-9-18(19(14-15)23(25)26)22-10-2-1-3-11-22/h4-9,14H,1-3,10-13H2. The van der Waals surface area contributed by atoms with E-state index < -0.39 is 10.9 Å². The molecule has 0 N–H and O–H groups in total. The van der Waals surface area contributed by atoms with Crippen LogP contribution in [-0.2, 0) is 4.74 Å². The van der Waals surface area contributed by atoms with Gasteiger partial charge in [0.05, 0.1) is 10.5 Å². The summed E-state index contributed by atoms with van der Waals surface area (Å²) >= 11 is 5.80. The molecule has 0 aliphatic carbocycles. The molecule has 8 heteroatoms. The van der Waals surface area contributed by atoms with Crippen LogP contribution in [0.5, 0.6) is 5.75 Å². The average molecular weight is 405 g/mol. The first-order chi connectivity index (χ1) is 13.5. The van der Waals surface area contributed by atoms with E-state index in [-0.39, 0.29) is 24.5 Å². The molecule has 0 bridgehead atoms. The van der Waals surface area contributed by atoms with Gasteiger partial charge in [-0.05, 0) is 55.7 Å². The number of nitro groups is 1. The number of hydrogen-bond acceptors (Lipinski definition) is 6. The van der Waals surface area contributed by atoms with Crippen molar-refractivity contribution in [2.45, 2.75) is 19.3 Å². The van der Waals surface area contributed by atoms with Crippen LogP contribution >= 0.6 is 11.6 Å². The minimum absolute atomic E-state index is 0.0309. The van der Waals surface area contributed by atoms with E-state index in [0.717, 1.165) is 32.4 Å². The number of anilines is 1. The fourth-order valence-electron chi connectivity index (χ4n) is 3.11. The van der Waals surface area contributed by atoms with Crippen molar-refractivity contribution in [3.8, 4) is 5.75 Å². The molecule has 0 radical (unpaired) electrons. The van der Waals surface area contributed by atoms with Crippen LogP contribution in [0.2, 0.25) is 5.02 Å². The Morgan fingerprint density at radius 3 is 2.46 bits per heavy atom. The maximum Gasteiger partial charge on any atom is 0.338 e. The van der Waals surface area contributed by atoms with E-state index in [1.165, 1.54) is 6.07 Å². The maximum atomic E-state index is 12.2. The SMILES string of the molecule is O=C(OCCOc1ccc(Cl)cc1)c1ccc(N2CCCCC2)c([N+](=O)[O-])c1. The van der Waals surface area contributed by atoms with E-state index in [0.29, 0.717) is 16.5 Å². The molecule has 2 aromatic carbocycles. The molecule has 3 rings (SSSR count). The van der Waals surface area contributed by atoms with E-state index in [4.69, 9.17) is 21.1 Å². The number of hydrogen-bond donors (Lipinski definition) is 0. The minimum atomic E-state index is -0.618. The Kier molecular flexibility index (Phi) is 6.71. The Bertz CT molecular complexity index is 835. The lowest BCUT2D eigenvalue weighted by atomic mass is 10.1. The first kappa shape index (κ1) is 19.9. The zero-order valence-corrected chi connectivity index (χ0v) is 16.1. The van der Waals surface area contributed by atoms with Gasteiger partial charge in [-0.25, -0.2) is 4.79 Å². The minimum Gasteiger partial charge on any atom is -0.490 e. The molecule has 0 spiro atoms. The number of esters is 1. The molecule has 1 aliphatic rings. The van der Waals surface area contributed by atoms with Crippen LogP contribution in [0, 0.1) is 10.1 Å². The number of nitro benzene ring substituents is 1. The van der Waals surface area contributed by atoms with Gasteiger partial charge in [0.1, 0.15) is 24.7 Å². The van der Waals surface area contributed by atoms with Gasteiger partial charge in [-0.2, -0.15) is 0 Å². The predicted molar refractivity (Wildman–Crippen MR) is 106 cm³/mol.